The molecule has 0 unspecified atom stereocenters. The number of hydrogen-bond acceptors (Lipinski definition) is 11. The number of hydrogen-bond donors (Lipinski definition) is 0. The van der Waals surface area contributed by atoms with Crippen molar-refractivity contribution in [2.75, 3.05) is 32.5 Å². The molecule has 11 nitrogen and oxygen atoms in total. The fourth-order valence-corrected chi connectivity index (χ4v) is 4.99. The van der Waals surface area contributed by atoms with Crippen LogP contribution in [0.4, 0.5) is 0 Å². The first-order chi connectivity index (χ1) is 18.9. The molecular formula is C27H30O11S3. The van der Waals surface area contributed by atoms with Crippen molar-refractivity contribution in [3.8, 4) is 51.0 Å². The fraction of sp³-hybridized carbons (Fsp3) is 0.259. The Morgan fingerprint density at radius 3 is 1.68 bits per heavy atom. The van der Waals surface area contributed by atoms with E-state index in [-0.39, 0.29) is 40.9 Å². The zero-order valence-electron chi connectivity index (χ0n) is 23.2. The maximum atomic E-state index is 12.2. The summed E-state index contributed by atoms with van der Waals surface area (Å²) in [5.41, 5.74) is 2.56. The lowest BCUT2D eigenvalue weighted by Gasteiger charge is -2.18. The molecule has 14 heteroatoms. The summed E-state index contributed by atoms with van der Waals surface area (Å²) in [6.07, 6.45) is 4.50. The summed E-state index contributed by atoms with van der Waals surface area (Å²) in [6.45, 7) is 3.94. The Morgan fingerprint density at radius 1 is 0.634 bits per heavy atom. The molecule has 222 valence electrons. The second kappa shape index (κ2) is 12.4. The van der Waals surface area contributed by atoms with E-state index >= 15 is 0 Å². The lowest BCUT2D eigenvalue weighted by molar-refractivity contribution is 0.347. The zero-order valence-corrected chi connectivity index (χ0v) is 25.6. The van der Waals surface area contributed by atoms with Gasteiger partial charge < -0.3 is 22.0 Å². The van der Waals surface area contributed by atoms with Crippen molar-refractivity contribution < 1.29 is 47.3 Å². The van der Waals surface area contributed by atoms with E-state index < -0.39 is 30.4 Å². The highest BCUT2D eigenvalue weighted by Crippen LogP contribution is 2.45. The predicted molar refractivity (Wildman–Crippen MR) is 155 cm³/mol. The smallest absolute Gasteiger partial charge is 0.306 e. The highest BCUT2D eigenvalue weighted by molar-refractivity contribution is 7.86. The van der Waals surface area contributed by atoms with Gasteiger partial charge in [-0.15, -0.1) is 0 Å². The zero-order chi connectivity index (χ0) is 30.6. The molecule has 0 saturated carbocycles. The minimum absolute atomic E-state index is 0.0951. The van der Waals surface area contributed by atoms with Crippen LogP contribution in [0.15, 0.2) is 66.2 Å². The maximum Gasteiger partial charge on any atom is 0.306 e. The van der Waals surface area contributed by atoms with Crippen LogP contribution < -0.4 is 22.0 Å². The van der Waals surface area contributed by atoms with E-state index in [4.69, 9.17) is 22.0 Å². The van der Waals surface area contributed by atoms with Gasteiger partial charge >= 0.3 is 30.4 Å². The molecule has 0 radical (unpaired) electrons. The summed E-state index contributed by atoms with van der Waals surface area (Å²) < 4.78 is 98.0. The number of ether oxygens (including phenoxy) is 2. The molecule has 3 aromatic rings. The van der Waals surface area contributed by atoms with Crippen LogP contribution in [0, 0.1) is 0 Å². The molecular weight excluding hydrogens is 596 g/mol. The van der Waals surface area contributed by atoms with Crippen molar-refractivity contribution in [2.45, 2.75) is 13.8 Å². The van der Waals surface area contributed by atoms with Crippen molar-refractivity contribution in [1.82, 2.24) is 0 Å². The summed E-state index contributed by atoms with van der Waals surface area (Å²) >= 11 is 0. The van der Waals surface area contributed by atoms with Gasteiger partial charge in [-0.1, -0.05) is 23.8 Å². The molecule has 0 bridgehead atoms. The fourth-order valence-electron chi connectivity index (χ4n) is 3.62. The second-order valence-electron chi connectivity index (χ2n) is 9.19. The lowest BCUT2D eigenvalue weighted by Crippen LogP contribution is -2.09. The largest absolute Gasteiger partial charge is 0.496 e. The summed E-state index contributed by atoms with van der Waals surface area (Å²) in [7, 11) is -10.3. The van der Waals surface area contributed by atoms with E-state index in [1.807, 2.05) is 13.8 Å². The van der Waals surface area contributed by atoms with Gasteiger partial charge in [-0.05, 0) is 73.0 Å². The topological polar surface area (TPSA) is 149 Å². The Morgan fingerprint density at radius 2 is 1.15 bits per heavy atom. The Bertz CT molecular complexity index is 1770. The second-order valence-corrected chi connectivity index (χ2v) is 13.9. The van der Waals surface area contributed by atoms with Crippen molar-refractivity contribution >= 4 is 30.4 Å². The van der Waals surface area contributed by atoms with Gasteiger partial charge in [-0.3, -0.25) is 0 Å². The molecule has 0 aliphatic carbocycles. The van der Waals surface area contributed by atoms with Crippen molar-refractivity contribution in [3.05, 3.63) is 66.2 Å². The molecule has 0 heterocycles. The Hall–Kier alpha value is -3.75. The average Bonchev–Trinajstić information content (AvgIpc) is 2.82. The van der Waals surface area contributed by atoms with Gasteiger partial charge in [0.1, 0.15) is 18.1 Å². The third-order valence-corrected chi connectivity index (χ3v) is 6.63. The Kier molecular flexibility index (Phi) is 9.62. The van der Waals surface area contributed by atoms with E-state index in [9.17, 15) is 25.3 Å². The number of rotatable bonds is 12. The SMILES string of the molecule is COc1cc(-c2ccc(OS(C)(=O)=O)cc2)cc(OS(C)(=O)=O)c1-c1ccc(OCC=C(C)C)c(OS(C)(=O)=O)c1. The first kappa shape index (κ1) is 31.8. The Balaban J connectivity index is 2.19. The molecule has 0 aliphatic rings. The van der Waals surface area contributed by atoms with E-state index in [2.05, 4.69) is 0 Å². The van der Waals surface area contributed by atoms with Crippen LogP contribution in [0.25, 0.3) is 22.3 Å². The van der Waals surface area contributed by atoms with Crippen LogP contribution in [0.3, 0.4) is 0 Å². The van der Waals surface area contributed by atoms with Gasteiger partial charge in [0.25, 0.3) is 0 Å². The highest BCUT2D eigenvalue weighted by atomic mass is 32.2. The van der Waals surface area contributed by atoms with Crippen LogP contribution >= 0.6 is 0 Å². The van der Waals surface area contributed by atoms with Crippen LogP contribution in [-0.2, 0) is 30.4 Å². The van der Waals surface area contributed by atoms with E-state index in [0.717, 1.165) is 24.3 Å². The van der Waals surface area contributed by atoms with Gasteiger partial charge in [0.15, 0.2) is 17.2 Å². The van der Waals surface area contributed by atoms with Crippen LogP contribution in [-0.4, -0.2) is 57.7 Å². The summed E-state index contributed by atoms with van der Waals surface area (Å²) in [5.74, 6) is 0.208. The monoisotopic (exact) mass is 626 g/mol. The Labute approximate surface area is 240 Å². The number of methoxy groups -OCH3 is 1. The molecule has 3 rings (SSSR count). The third kappa shape index (κ3) is 9.69. The molecule has 0 aliphatic heterocycles. The number of benzene rings is 3. The molecule has 41 heavy (non-hydrogen) atoms. The molecule has 0 aromatic heterocycles. The van der Waals surface area contributed by atoms with E-state index in [0.29, 0.717) is 16.7 Å². The highest BCUT2D eigenvalue weighted by Gasteiger charge is 2.22. The summed E-state index contributed by atoms with van der Waals surface area (Å²) in [4.78, 5) is 0. The normalized spacial score (nSPS) is 11.9. The van der Waals surface area contributed by atoms with E-state index in [1.54, 1.807) is 30.3 Å². The van der Waals surface area contributed by atoms with Crippen LogP contribution in [0.5, 0.6) is 28.7 Å². The summed E-state index contributed by atoms with van der Waals surface area (Å²) in [6, 6.07) is 13.6. The molecule has 0 saturated heterocycles. The minimum atomic E-state index is -4.03. The minimum Gasteiger partial charge on any atom is -0.496 e. The maximum absolute atomic E-state index is 12.2. The third-order valence-electron chi connectivity index (χ3n) is 5.17. The molecule has 3 aromatic carbocycles. The van der Waals surface area contributed by atoms with E-state index in [1.165, 1.54) is 37.4 Å². The standard InChI is InChI=1S/C27H30O11S3/c1-18(2)13-14-35-23-12-9-20(15-24(23)37-40(5,30)31)27-25(34-3)16-21(17-26(27)38-41(6,32)33)19-7-10-22(11-8-19)36-39(4,28)29/h7-13,15-17H,14H2,1-6H3. The lowest BCUT2D eigenvalue weighted by atomic mass is 9.97. The van der Waals surface area contributed by atoms with Crippen LogP contribution in [0.2, 0.25) is 0 Å². The summed E-state index contributed by atoms with van der Waals surface area (Å²) in [5, 5.41) is 0. The first-order valence-electron chi connectivity index (χ1n) is 11.9. The van der Waals surface area contributed by atoms with Crippen molar-refractivity contribution in [2.24, 2.45) is 0 Å². The predicted octanol–water partition coefficient (Wildman–Crippen LogP) is 4.39. The van der Waals surface area contributed by atoms with Crippen molar-refractivity contribution in [1.29, 1.82) is 0 Å². The molecule has 0 amide bonds. The number of allylic oxidation sites excluding steroid dienone is 1. The average molecular weight is 627 g/mol. The van der Waals surface area contributed by atoms with Gasteiger partial charge in [0.2, 0.25) is 0 Å². The van der Waals surface area contributed by atoms with Crippen molar-refractivity contribution in [3.63, 3.8) is 0 Å². The molecule has 0 fully saturated rings. The van der Waals surface area contributed by atoms with Gasteiger partial charge in [0, 0.05) is 0 Å². The van der Waals surface area contributed by atoms with Gasteiger partial charge in [-0.2, -0.15) is 25.3 Å². The molecule has 0 spiro atoms. The van der Waals surface area contributed by atoms with Gasteiger partial charge in [0.05, 0.1) is 31.4 Å². The molecule has 0 N–H and O–H groups in total. The van der Waals surface area contributed by atoms with Crippen LogP contribution in [0.1, 0.15) is 13.8 Å². The molecule has 0 atom stereocenters. The quantitative estimate of drug-likeness (QED) is 0.208. The van der Waals surface area contributed by atoms with Gasteiger partial charge in [-0.25, -0.2) is 0 Å². The first-order valence-corrected chi connectivity index (χ1v) is 17.3.